The fourth-order valence-corrected chi connectivity index (χ4v) is 3.18. The minimum absolute atomic E-state index is 0.148. The highest BCUT2D eigenvalue weighted by Crippen LogP contribution is 2.49. The van der Waals surface area contributed by atoms with Crippen molar-refractivity contribution < 1.29 is 9.59 Å². The summed E-state index contributed by atoms with van der Waals surface area (Å²) in [5.74, 6) is 0.737. The second-order valence-corrected chi connectivity index (χ2v) is 5.20. The van der Waals surface area contributed by atoms with Crippen LogP contribution in [0.3, 0.4) is 0 Å². The summed E-state index contributed by atoms with van der Waals surface area (Å²) >= 11 is 0. The standard InChI is InChI=1S/C12H18O2/c1-12-5-2-3-11(14)10(12)7-9(8-13)4-6-12/h8-10H,2-7H2,1H3/t9-,10?,12-/m1/s1. The normalized spacial score (nSPS) is 43.1. The molecule has 0 aromatic rings. The SMILES string of the molecule is C[C@]12CCCC(=O)C1C[C@H](C=O)CC2. The van der Waals surface area contributed by atoms with Crippen molar-refractivity contribution in [2.45, 2.75) is 45.4 Å². The van der Waals surface area contributed by atoms with E-state index in [2.05, 4.69) is 6.92 Å². The molecule has 14 heavy (non-hydrogen) atoms. The number of hydrogen-bond acceptors (Lipinski definition) is 2. The number of rotatable bonds is 1. The van der Waals surface area contributed by atoms with Crippen molar-refractivity contribution >= 4 is 12.1 Å². The van der Waals surface area contributed by atoms with Gasteiger partial charge in [0, 0.05) is 18.3 Å². The third-order valence-corrected chi connectivity index (χ3v) is 4.22. The molecule has 2 fully saturated rings. The van der Waals surface area contributed by atoms with Crippen LogP contribution in [0.2, 0.25) is 0 Å². The van der Waals surface area contributed by atoms with Crippen molar-refractivity contribution in [3.8, 4) is 0 Å². The number of carbonyl (C=O) groups is 2. The molecule has 0 bridgehead atoms. The van der Waals surface area contributed by atoms with E-state index >= 15 is 0 Å². The van der Waals surface area contributed by atoms with Gasteiger partial charge < -0.3 is 4.79 Å². The van der Waals surface area contributed by atoms with E-state index in [1.165, 1.54) is 6.42 Å². The Bertz CT molecular complexity index is 259. The average Bonchev–Trinajstić information content (AvgIpc) is 2.17. The zero-order chi connectivity index (χ0) is 10.2. The number of hydrogen-bond donors (Lipinski definition) is 0. The first-order valence-electron chi connectivity index (χ1n) is 5.64. The lowest BCUT2D eigenvalue weighted by Gasteiger charge is -2.45. The van der Waals surface area contributed by atoms with E-state index in [1.807, 2.05) is 0 Å². The van der Waals surface area contributed by atoms with E-state index in [9.17, 15) is 9.59 Å². The second-order valence-electron chi connectivity index (χ2n) is 5.20. The Morgan fingerprint density at radius 3 is 2.93 bits per heavy atom. The van der Waals surface area contributed by atoms with Crippen LogP contribution in [0.15, 0.2) is 0 Å². The van der Waals surface area contributed by atoms with E-state index in [0.717, 1.165) is 38.4 Å². The molecule has 2 rings (SSSR count). The molecule has 78 valence electrons. The van der Waals surface area contributed by atoms with Crippen LogP contribution < -0.4 is 0 Å². The highest BCUT2D eigenvalue weighted by molar-refractivity contribution is 5.83. The molecule has 1 unspecified atom stereocenters. The molecule has 0 radical (unpaired) electrons. The van der Waals surface area contributed by atoms with E-state index < -0.39 is 0 Å². The summed E-state index contributed by atoms with van der Waals surface area (Å²) in [6.45, 7) is 2.23. The lowest BCUT2D eigenvalue weighted by molar-refractivity contribution is -0.134. The molecule has 0 heterocycles. The summed E-state index contributed by atoms with van der Waals surface area (Å²) < 4.78 is 0. The number of ketones is 1. The van der Waals surface area contributed by atoms with Crippen molar-refractivity contribution in [3.63, 3.8) is 0 Å². The Morgan fingerprint density at radius 2 is 2.21 bits per heavy atom. The topological polar surface area (TPSA) is 34.1 Å². The van der Waals surface area contributed by atoms with Gasteiger partial charge in [0.15, 0.2) is 0 Å². The van der Waals surface area contributed by atoms with Gasteiger partial charge in [-0.2, -0.15) is 0 Å². The summed E-state index contributed by atoms with van der Waals surface area (Å²) in [4.78, 5) is 22.5. The molecular formula is C12H18O2. The van der Waals surface area contributed by atoms with E-state index in [1.54, 1.807) is 0 Å². The zero-order valence-electron chi connectivity index (χ0n) is 8.79. The highest BCUT2D eigenvalue weighted by Gasteiger charge is 2.45. The predicted octanol–water partition coefficient (Wildman–Crippen LogP) is 2.36. The van der Waals surface area contributed by atoms with Crippen LogP contribution in [0.5, 0.6) is 0 Å². The predicted molar refractivity (Wildman–Crippen MR) is 53.9 cm³/mol. The monoisotopic (exact) mass is 194 g/mol. The molecule has 0 aliphatic heterocycles. The molecule has 0 spiro atoms. The van der Waals surface area contributed by atoms with Crippen molar-refractivity contribution in [2.75, 3.05) is 0 Å². The van der Waals surface area contributed by atoms with Gasteiger partial charge in [-0.3, -0.25) is 4.79 Å². The number of carbonyl (C=O) groups excluding carboxylic acids is 2. The van der Waals surface area contributed by atoms with Crippen LogP contribution >= 0.6 is 0 Å². The summed E-state index contributed by atoms with van der Waals surface area (Å²) in [5, 5.41) is 0. The minimum atomic E-state index is 0.148. The summed E-state index contributed by atoms with van der Waals surface area (Å²) in [7, 11) is 0. The van der Waals surface area contributed by atoms with Gasteiger partial charge in [-0.1, -0.05) is 6.92 Å². The smallest absolute Gasteiger partial charge is 0.136 e. The molecule has 2 aliphatic rings. The fraction of sp³-hybridized carbons (Fsp3) is 0.833. The first-order chi connectivity index (χ1) is 6.65. The van der Waals surface area contributed by atoms with Crippen LogP contribution in [0.4, 0.5) is 0 Å². The van der Waals surface area contributed by atoms with Gasteiger partial charge >= 0.3 is 0 Å². The second kappa shape index (κ2) is 3.48. The minimum Gasteiger partial charge on any atom is -0.303 e. The van der Waals surface area contributed by atoms with E-state index in [-0.39, 0.29) is 17.3 Å². The molecule has 0 N–H and O–H groups in total. The molecule has 0 aromatic heterocycles. The Labute approximate surface area is 85.1 Å². The van der Waals surface area contributed by atoms with Gasteiger partial charge in [-0.25, -0.2) is 0 Å². The maximum Gasteiger partial charge on any atom is 0.136 e. The fourth-order valence-electron chi connectivity index (χ4n) is 3.18. The van der Waals surface area contributed by atoms with Gasteiger partial charge in [0.1, 0.15) is 12.1 Å². The molecular weight excluding hydrogens is 176 g/mol. The summed E-state index contributed by atoms with van der Waals surface area (Å²) in [6.07, 6.45) is 6.88. The Morgan fingerprint density at radius 1 is 1.43 bits per heavy atom. The van der Waals surface area contributed by atoms with Crippen LogP contribution in [0.1, 0.15) is 45.4 Å². The number of Topliss-reactive ketones (excluding diaryl/α,β-unsaturated/α-hetero) is 1. The molecule has 0 amide bonds. The third-order valence-electron chi connectivity index (χ3n) is 4.22. The van der Waals surface area contributed by atoms with Crippen molar-refractivity contribution in [1.82, 2.24) is 0 Å². The van der Waals surface area contributed by atoms with Crippen molar-refractivity contribution in [3.05, 3.63) is 0 Å². The number of fused-ring (bicyclic) bond motifs is 1. The van der Waals surface area contributed by atoms with Crippen molar-refractivity contribution in [1.29, 1.82) is 0 Å². The maximum absolute atomic E-state index is 11.8. The first kappa shape index (κ1) is 9.88. The molecule has 2 heteroatoms. The average molecular weight is 194 g/mol. The molecule has 3 atom stereocenters. The van der Waals surface area contributed by atoms with Crippen LogP contribution in [0, 0.1) is 17.3 Å². The van der Waals surface area contributed by atoms with Gasteiger partial charge in [0.2, 0.25) is 0 Å². The van der Waals surface area contributed by atoms with Crippen LogP contribution in [0.25, 0.3) is 0 Å². The number of aldehydes is 1. The molecule has 0 aromatic carbocycles. The highest BCUT2D eigenvalue weighted by atomic mass is 16.1. The van der Waals surface area contributed by atoms with Gasteiger partial charge in [-0.05, 0) is 37.5 Å². The van der Waals surface area contributed by atoms with Crippen molar-refractivity contribution in [2.24, 2.45) is 17.3 Å². The van der Waals surface area contributed by atoms with Crippen LogP contribution in [-0.2, 0) is 9.59 Å². The lowest BCUT2D eigenvalue weighted by Crippen LogP contribution is -2.42. The van der Waals surface area contributed by atoms with E-state index in [0.29, 0.717) is 5.78 Å². The summed E-state index contributed by atoms with van der Waals surface area (Å²) in [6, 6.07) is 0. The first-order valence-corrected chi connectivity index (χ1v) is 5.64. The molecule has 2 saturated carbocycles. The van der Waals surface area contributed by atoms with Gasteiger partial charge in [0.05, 0.1) is 0 Å². The maximum atomic E-state index is 11.8. The molecule has 2 nitrogen and oxygen atoms in total. The largest absolute Gasteiger partial charge is 0.303 e. The quantitative estimate of drug-likeness (QED) is 0.600. The Hall–Kier alpha value is -0.660. The summed E-state index contributed by atoms with van der Waals surface area (Å²) in [5.41, 5.74) is 0.217. The van der Waals surface area contributed by atoms with Gasteiger partial charge in [0.25, 0.3) is 0 Å². The molecule has 0 saturated heterocycles. The molecule has 2 aliphatic carbocycles. The van der Waals surface area contributed by atoms with Gasteiger partial charge in [-0.15, -0.1) is 0 Å². The zero-order valence-corrected chi connectivity index (χ0v) is 8.79. The van der Waals surface area contributed by atoms with Crippen LogP contribution in [-0.4, -0.2) is 12.1 Å². The third kappa shape index (κ3) is 1.51. The lowest BCUT2D eigenvalue weighted by atomic mass is 9.58. The van der Waals surface area contributed by atoms with E-state index in [4.69, 9.17) is 0 Å². The Balaban J connectivity index is 2.16. The Kier molecular flexibility index (Phi) is 2.46.